The van der Waals surface area contributed by atoms with E-state index in [2.05, 4.69) is 30.1 Å². The molecule has 1 N–H and O–H groups in total. The van der Waals surface area contributed by atoms with Gasteiger partial charge in [0.1, 0.15) is 12.4 Å². The zero-order valence-corrected chi connectivity index (χ0v) is 14.3. The van der Waals surface area contributed by atoms with Crippen LogP contribution in [0.3, 0.4) is 0 Å². The molecular formula is C19H28N2O2. The molecule has 1 aliphatic carbocycles. The summed E-state index contributed by atoms with van der Waals surface area (Å²) < 4.78 is 5.77. The Kier molecular flexibility index (Phi) is 5.21. The van der Waals surface area contributed by atoms with Crippen LogP contribution in [0.2, 0.25) is 0 Å². The second-order valence-corrected chi connectivity index (χ2v) is 7.11. The lowest BCUT2D eigenvalue weighted by Gasteiger charge is -2.35. The fourth-order valence-electron chi connectivity index (χ4n) is 3.76. The van der Waals surface area contributed by atoms with E-state index in [9.17, 15) is 4.79 Å². The minimum atomic E-state index is 0.148. The summed E-state index contributed by atoms with van der Waals surface area (Å²) in [5.74, 6) is 2.37. The first kappa shape index (κ1) is 16.3. The zero-order chi connectivity index (χ0) is 16.2. The van der Waals surface area contributed by atoms with Gasteiger partial charge in [-0.2, -0.15) is 0 Å². The van der Waals surface area contributed by atoms with E-state index in [1.54, 1.807) is 0 Å². The van der Waals surface area contributed by atoms with Crippen LogP contribution in [0.4, 0.5) is 0 Å². The van der Waals surface area contributed by atoms with Gasteiger partial charge in [0.25, 0.3) is 0 Å². The van der Waals surface area contributed by atoms with Crippen molar-refractivity contribution in [3.63, 3.8) is 0 Å². The summed E-state index contributed by atoms with van der Waals surface area (Å²) in [6.45, 7) is 7.23. The summed E-state index contributed by atoms with van der Waals surface area (Å²) in [6, 6.07) is 8.44. The molecule has 1 amide bonds. The lowest BCUT2D eigenvalue weighted by molar-refractivity contribution is -0.123. The number of hydrogen-bond acceptors (Lipinski definition) is 3. The van der Waals surface area contributed by atoms with Crippen LogP contribution in [0.25, 0.3) is 0 Å². The first-order valence-corrected chi connectivity index (χ1v) is 8.86. The number of carbonyl (C=O) groups is 1. The largest absolute Gasteiger partial charge is 0.492 e. The number of rotatable bonds is 3. The molecule has 1 fully saturated rings. The SMILES string of the molecule is CC1CCCC(NC(=O)CN2CCOc3ccccc3C2)C1C. The predicted molar refractivity (Wildman–Crippen MR) is 91.3 cm³/mol. The van der Waals surface area contributed by atoms with Gasteiger partial charge in [0.2, 0.25) is 5.91 Å². The van der Waals surface area contributed by atoms with E-state index in [4.69, 9.17) is 4.74 Å². The fourth-order valence-corrected chi connectivity index (χ4v) is 3.76. The van der Waals surface area contributed by atoms with E-state index in [0.29, 0.717) is 31.0 Å². The lowest BCUT2D eigenvalue weighted by Crippen LogP contribution is -2.47. The maximum Gasteiger partial charge on any atom is 0.234 e. The molecular weight excluding hydrogens is 288 g/mol. The first-order chi connectivity index (χ1) is 11.1. The molecule has 1 aliphatic heterocycles. The van der Waals surface area contributed by atoms with Crippen LogP contribution in [-0.2, 0) is 11.3 Å². The van der Waals surface area contributed by atoms with Crippen LogP contribution in [-0.4, -0.2) is 36.5 Å². The van der Waals surface area contributed by atoms with Gasteiger partial charge in [-0.3, -0.25) is 9.69 Å². The number of nitrogens with zero attached hydrogens (tertiary/aromatic N) is 1. The van der Waals surface area contributed by atoms with E-state index in [1.807, 2.05) is 18.2 Å². The Morgan fingerprint density at radius 1 is 1.30 bits per heavy atom. The Morgan fingerprint density at radius 2 is 2.13 bits per heavy atom. The van der Waals surface area contributed by atoms with Gasteiger partial charge in [-0.25, -0.2) is 0 Å². The highest BCUT2D eigenvalue weighted by Gasteiger charge is 2.28. The van der Waals surface area contributed by atoms with Crippen LogP contribution >= 0.6 is 0 Å². The van der Waals surface area contributed by atoms with Crippen molar-refractivity contribution in [3.05, 3.63) is 29.8 Å². The molecule has 1 aromatic carbocycles. The molecule has 2 aliphatic rings. The minimum Gasteiger partial charge on any atom is -0.492 e. The van der Waals surface area contributed by atoms with Gasteiger partial charge in [-0.05, 0) is 24.3 Å². The average Bonchev–Trinajstić information content (AvgIpc) is 2.73. The molecule has 1 aromatic rings. The summed E-state index contributed by atoms with van der Waals surface area (Å²) in [5, 5.41) is 3.27. The van der Waals surface area contributed by atoms with E-state index in [1.165, 1.54) is 12.8 Å². The molecule has 4 heteroatoms. The van der Waals surface area contributed by atoms with Crippen molar-refractivity contribution in [2.24, 2.45) is 11.8 Å². The Labute approximate surface area is 139 Å². The van der Waals surface area contributed by atoms with Crippen molar-refractivity contribution in [2.75, 3.05) is 19.7 Å². The summed E-state index contributed by atoms with van der Waals surface area (Å²) in [6.07, 6.45) is 3.62. The van der Waals surface area contributed by atoms with Gasteiger partial charge >= 0.3 is 0 Å². The van der Waals surface area contributed by atoms with E-state index >= 15 is 0 Å². The van der Waals surface area contributed by atoms with Crippen LogP contribution < -0.4 is 10.1 Å². The third-order valence-corrected chi connectivity index (χ3v) is 5.45. The van der Waals surface area contributed by atoms with Crippen LogP contribution in [0, 0.1) is 11.8 Å². The van der Waals surface area contributed by atoms with Gasteiger partial charge in [-0.1, -0.05) is 44.9 Å². The smallest absolute Gasteiger partial charge is 0.234 e. The first-order valence-electron chi connectivity index (χ1n) is 8.86. The summed E-state index contributed by atoms with van der Waals surface area (Å²) in [5.41, 5.74) is 1.16. The molecule has 126 valence electrons. The lowest BCUT2D eigenvalue weighted by atomic mass is 9.78. The van der Waals surface area contributed by atoms with Crippen LogP contribution in [0.15, 0.2) is 24.3 Å². The molecule has 0 radical (unpaired) electrons. The van der Waals surface area contributed by atoms with Crippen molar-refractivity contribution >= 4 is 5.91 Å². The second-order valence-electron chi connectivity index (χ2n) is 7.11. The normalized spacial score (nSPS) is 28.3. The van der Waals surface area contributed by atoms with Crippen molar-refractivity contribution in [2.45, 2.75) is 45.7 Å². The Hall–Kier alpha value is -1.55. The van der Waals surface area contributed by atoms with Crippen molar-refractivity contribution in [1.82, 2.24) is 10.2 Å². The maximum absolute atomic E-state index is 12.5. The van der Waals surface area contributed by atoms with Gasteiger partial charge < -0.3 is 10.1 Å². The summed E-state index contributed by atoms with van der Waals surface area (Å²) >= 11 is 0. The molecule has 1 heterocycles. The number of benzene rings is 1. The highest BCUT2D eigenvalue weighted by molar-refractivity contribution is 5.78. The molecule has 4 nitrogen and oxygen atoms in total. The Morgan fingerprint density at radius 3 is 3.00 bits per heavy atom. The van der Waals surface area contributed by atoms with Gasteiger partial charge in [0.05, 0.1) is 6.54 Å². The second kappa shape index (κ2) is 7.35. The molecule has 0 bridgehead atoms. The number of carbonyl (C=O) groups excluding carboxylic acids is 1. The molecule has 0 saturated heterocycles. The highest BCUT2D eigenvalue weighted by Crippen LogP contribution is 2.29. The van der Waals surface area contributed by atoms with E-state index in [-0.39, 0.29) is 5.91 Å². The third kappa shape index (κ3) is 4.05. The van der Waals surface area contributed by atoms with Crippen LogP contribution in [0.5, 0.6) is 5.75 Å². The maximum atomic E-state index is 12.5. The van der Waals surface area contributed by atoms with E-state index < -0.39 is 0 Å². The minimum absolute atomic E-state index is 0.148. The molecule has 0 aromatic heterocycles. The predicted octanol–water partition coefficient (Wildman–Crippen LogP) is 2.82. The number of hydrogen-bond donors (Lipinski definition) is 1. The van der Waals surface area contributed by atoms with Crippen molar-refractivity contribution in [3.8, 4) is 5.75 Å². The molecule has 0 spiro atoms. The van der Waals surface area contributed by atoms with Crippen molar-refractivity contribution < 1.29 is 9.53 Å². The molecule has 23 heavy (non-hydrogen) atoms. The van der Waals surface area contributed by atoms with Crippen molar-refractivity contribution in [1.29, 1.82) is 0 Å². The highest BCUT2D eigenvalue weighted by atomic mass is 16.5. The zero-order valence-electron chi connectivity index (χ0n) is 14.3. The number of amides is 1. The Balaban J connectivity index is 1.55. The Bertz CT molecular complexity index is 546. The van der Waals surface area contributed by atoms with Gasteiger partial charge in [-0.15, -0.1) is 0 Å². The average molecular weight is 316 g/mol. The summed E-state index contributed by atoms with van der Waals surface area (Å²) in [7, 11) is 0. The summed E-state index contributed by atoms with van der Waals surface area (Å²) in [4.78, 5) is 14.6. The third-order valence-electron chi connectivity index (χ3n) is 5.45. The van der Waals surface area contributed by atoms with Gasteiger partial charge in [0.15, 0.2) is 0 Å². The van der Waals surface area contributed by atoms with E-state index in [0.717, 1.165) is 30.8 Å². The fraction of sp³-hybridized carbons (Fsp3) is 0.632. The van der Waals surface area contributed by atoms with Gasteiger partial charge in [0, 0.05) is 24.7 Å². The standard InChI is InChI=1S/C19H28N2O2/c1-14-6-5-8-17(15(14)2)20-19(22)13-21-10-11-23-18-9-4-3-7-16(18)12-21/h3-4,7,9,14-15,17H,5-6,8,10-13H2,1-2H3,(H,20,22). The quantitative estimate of drug-likeness (QED) is 0.932. The number of nitrogens with one attached hydrogen (secondary N) is 1. The molecule has 3 atom stereocenters. The monoisotopic (exact) mass is 316 g/mol. The number of ether oxygens (including phenoxy) is 1. The molecule has 1 saturated carbocycles. The number of fused-ring (bicyclic) bond motifs is 1. The topological polar surface area (TPSA) is 41.6 Å². The molecule has 3 rings (SSSR count). The number of para-hydroxylation sites is 1. The molecule has 3 unspecified atom stereocenters. The van der Waals surface area contributed by atoms with Crippen LogP contribution in [0.1, 0.15) is 38.7 Å².